The molecule has 0 aliphatic heterocycles. The Kier molecular flexibility index (Phi) is 4.15. The summed E-state index contributed by atoms with van der Waals surface area (Å²) < 4.78 is 0. The lowest BCUT2D eigenvalue weighted by Gasteiger charge is -2.09. The van der Waals surface area contributed by atoms with Gasteiger partial charge < -0.3 is 10.6 Å². The molecule has 0 saturated carbocycles. The first-order valence-electron chi connectivity index (χ1n) is 6.29. The van der Waals surface area contributed by atoms with Gasteiger partial charge in [0, 0.05) is 16.9 Å². The SMILES string of the molecule is Cc1ccc(NC(=O)Nc2cccc(C=O)c2)cc1C. The molecule has 2 aromatic carbocycles. The number of rotatable bonds is 3. The van der Waals surface area contributed by atoms with Crippen molar-refractivity contribution in [3.63, 3.8) is 0 Å². The van der Waals surface area contributed by atoms with Crippen molar-refractivity contribution in [1.82, 2.24) is 0 Å². The minimum absolute atomic E-state index is 0.337. The van der Waals surface area contributed by atoms with Crippen molar-refractivity contribution in [1.29, 1.82) is 0 Å². The van der Waals surface area contributed by atoms with E-state index in [4.69, 9.17) is 0 Å². The first-order valence-corrected chi connectivity index (χ1v) is 6.29. The Labute approximate surface area is 117 Å². The number of anilines is 2. The summed E-state index contributed by atoms with van der Waals surface area (Å²) in [6.45, 7) is 4.01. The summed E-state index contributed by atoms with van der Waals surface area (Å²) in [7, 11) is 0. The monoisotopic (exact) mass is 268 g/mol. The van der Waals surface area contributed by atoms with Crippen LogP contribution in [0.5, 0.6) is 0 Å². The highest BCUT2D eigenvalue weighted by molar-refractivity contribution is 6.00. The molecule has 2 aromatic rings. The zero-order valence-electron chi connectivity index (χ0n) is 11.4. The van der Waals surface area contributed by atoms with E-state index in [1.165, 1.54) is 5.56 Å². The van der Waals surface area contributed by atoms with Crippen LogP contribution < -0.4 is 10.6 Å². The van der Waals surface area contributed by atoms with Gasteiger partial charge in [-0.1, -0.05) is 18.2 Å². The summed E-state index contributed by atoms with van der Waals surface area (Å²) >= 11 is 0. The Bertz CT molecular complexity index is 651. The standard InChI is InChI=1S/C16H16N2O2/c1-11-6-7-15(8-12(11)2)18-16(20)17-14-5-3-4-13(9-14)10-19/h3-10H,1-2H3,(H2,17,18,20). The molecular weight excluding hydrogens is 252 g/mol. The minimum Gasteiger partial charge on any atom is -0.308 e. The van der Waals surface area contributed by atoms with Crippen LogP contribution in [0.2, 0.25) is 0 Å². The van der Waals surface area contributed by atoms with Gasteiger partial charge in [-0.2, -0.15) is 0 Å². The zero-order valence-corrected chi connectivity index (χ0v) is 11.4. The zero-order chi connectivity index (χ0) is 14.5. The molecule has 2 rings (SSSR count). The van der Waals surface area contributed by atoms with Crippen LogP contribution >= 0.6 is 0 Å². The molecule has 0 unspecified atom stereocenters. The van der Waals surface area contributed by atoms with Crippen LogP contribution in [0.1, 0.15) is 21.5 Å². The van der Waals surface area contributed by atoms with Gasteiger partial charge in [0.15, 0.2) is 0 Å². The van der Waals surface area contributed by atoms with Gasteiger partial charge in [-0.25, -0.2) is 4.79 Å². The summed E-state index contributed by atoms with van der Waals surface area (Å²) in [5.41, 5.74) is 4.13. The number of amides is 2. The fraction of sp³-hybridized carbons (Fsp3) is 0.125. The number of aldehydes is 1. The maximum atomic E-state index is 11.9. The van der Waals surface area contributed by atoms with Crippen molar-refractivity contribution < 1.29 is 9.59 Å². The average Bonchev–Trinajstić information content (AvgIpc) is 2.43. The van der Waals surface area contributed by atoms with E-state index >= 15 is 0 Å². The predicted octanol–water partition coefficient (Wildman–Crippen LogP) is 3.76. The molecule has 0 heterocycles. The number of hydrogen-bond acceptors (Lipinski definition) is 2. The quantitative estimate of drug-likeness (QED) is 0.833. The van der Waals surface area contributed by atoms with E-state index in [1.807, 2.05) is 32.0 Å². The molecule has 2 amide bonds. The number of urea groups is 1. The van der Waals surface area contributed by atoms with E-state index in [-0.39, 0.29) is 6.03 Å². The summed E-state index contributed by atoms with van der Waals surface area (Å²) in [5, 5.41) is 5.45. The third-order valence-electron chi connectivity index (χ3n) is 3.05. The normalized spacial score (nSPS) is 9.90. The van der Waals surface area contributed by atoms with E-state index in [9.17, 15) is 9.59 Å². The first kappa shape index (κ1) is 13.8. The number of carbonyl (C=O) groups is 2. The lowest BCUT2D eigenvalue weighted by molar-refractivity contribution is 0.112. The van der Waals surface area contributed by atoms with E-state index < -0.39 is 0 Å². The summed E-state index contributed by atoms with van der Waals surface area (Å²) in [6.07, 6.45) is 0.742. The van der Waals surface area contributed by atoms with Crippen LogP contribution in [-0.4, -0.2) is 12.3 Å². The van der Waals surface area contributed by atoms with Gasteiger partial charge in [0.1, 0.15) is 6.29 Å². The van der Waals surface area contributed by atoms with Crippen molar-refractivity contribution in [3.8, 4) is 0 Å². The molecule has 0 aliphatic carbocycles. The van der Waals surface area contributed by atoms with Gasteiger partial charge in [-0.3, -0.25) is 4.79 Å². The fourth-order valence-electron chi connectivity index (χ4n) is 1.80. The molecule has 0 fully saturated rings. The van der Waals surface area contributed by atoms with Crippen molar-refractivity contribution >= 4 is 23.7 Å². The lowest BCUT2D eigenvalue weighted by atomic mass is 10.1. The van der Waals surface area contributed by atoms with E-state index in [1.54, 1.807) is 24.3 Å². The molecule has 20 heavy (non-hydrogen) atoms. The van der Waals surface area contributed by atoms with Crippen molar-refractivity contribution in [2.45, 2.75) is 13.8 Å². The van der Waals surface area contributed by atoms with Gasteiger partial charge in [-0.15, -0.1) is 0 Å². The molecule has 2 N–H and O–H groups in total. The third-order valence-corrected chi connectivity index (χ3v) is 3.05. The topological polar surface area (TPSA) is 58.2 Å². The smallest absolute Gasteiger partial charge is 0.308 e. The van der Waals surface area contributed by atoms with Crippen molar-refractivity contribution in [2.24, 2.45) is 0 Å². The number of carbonyl (C=O) groups excluding carboxylic acids is 2. The van der Waals surface area contributed by atoms with Gasteiger partial charge >= 0.3 is 6.03 Å². The fourth-order valence-corrected chi connectivity index (χ4v) is 1.80. The summed E-state index contributed by atoms with van der Waals surface area (Å²) in [5.74, 6) is 0. The molecule has 0 atom stereocenters. The Morgan fingerprint density at radius 3 is 2.30 bits per heavy atom. The largest absolute Gasteiger partial charge is 0.323 e. The van der Waals surface area contributed by atoms with Crippen molar-refractivity contribution in [2.75, 3.05) is 10.6 Å². The highest BCUT2D eigenvalue weighted by Gasteiger charge is 2.04. The van der Waals surface area contributed by atoms with Gasteiger partial charge in [0.05, 0.1) is 0 Å². The van der Waals surface area contributed by atoms with Crippen LogP contribution in [0.15, 0.2) is 42.5 Å². The summed E-state index contributed by atoms with van der Waals surface area (Å²) in [6, 6.07) is 12.1. The highest BCUT2D eigenvalue weighted by Crippen LogP contribution is 2.15. The maximum absolute atomic E-state index is 11.9. The van der Waals surface area contributed by atoms with Gasteiger partial charge in [-0.05, 0) is 49.2 Å². The Hall–Kier alpha value is -2.62. The van der Waals surface area contributed by atoms with Crippen LogP contribution in [0.3, 0.4) is 0 Å². The van der Waals surface area contributed by atoms with Crippen molar-refractivity contribution in [3.05, 3.63) is 59.2 Å². The molecule has 0 saturated heterocycles. The van der Waals surface area contributed by atoms with Crippen LogP contribution in [0.25, 0.3) is 0 Å². The van der Waals surface area contributed by atoms with Gasteiger partial charge in [0.25, 0.3) is 0 Å². The second-order valence-electron chi connectivity index (χ2n) is 4.62. The Morgan fingerprint density at radius 2 is 1.65 bits per heavy atom. The molecule has 4 nitrogen and oxygen atoms in total. The third kappa shape index (κ3) is 3.45. The number of hydrogen-bond donors (Lipinski definition) is 2. The van der Waals surface area contributed by atoms with E-state index in [0.717, 1.165) is 17.5 Å². The molecule has 0 aromatic heterocycles. The second kappa shape index (κ2) is 6.02. The number of nitrogens with one attached hydrogen (secondary N) is 2. The van der Waals surface area contributed by atoms with E-state index in [0.29, 0.717) is 11.3 Å². The predicted molar refractivity (Wildman–Crippen MR) is 80.4 cm³/mol. The van der Waals surface area contributed by atoms with E-state index in [2.05, 4.69) is 10.6 Å². The minimum atomic E-state index is -0.337. The molecule has 4 heteroatoms. The molecule has 0 spiro atoms. The Morgan fingerprint density at radius 1 is 0.950 bits per heavy atom. The van der Waals surface area contributed by atoms with Crippen LogP contribution in [0.4, 0.5) is 16.2 Å². The maximum Gasteiger partial charge on any atom is 0.323 e. The van der Waals surface area contributed by atoms with Crippen LogP contribution in [-0.2, 0) is 0 Å². The molecule has 0 radical (unpaired) electrons. The average molecular weight is 268 g/mol. The number of benzene rings is 2. The number of aryl methyl sites for hydroxylation is 2. The Balaban J connectivity index is 2.04. The lowest BCUT2D eigenvalue weighted by Crippen LogP contribution is -2.19. The van der Waals surface area contributed by atoms with Crippen LogP contribution in [0, 0.1) is 13.8 Å². The molecular formula is C16H16N2O2. The molecule has 0 bridgehead atoms. The first-order chi connectivity index (χ1) is 9.58. The molecule has 102 valence electrons. The van der Waals surface area contributed by atoms with Gasteiger partial charge in [0.2, 0.25) is 0 Å². The molecule has 0 aliphatic rings. The highest BCUT2D eigenvalue weighted by atomic mass is 16.2. The second-order valence-corrected chi connectivity index (χ2v) is 4.62. The summed E-state index contributed by atoms with van der Waals surface area (Å²) in [4.78, 5) is 22.5.